The highest BCUT2D eigenvalue weighted by molar-refractivity contribution is 4.99. The maximum atomic E-state index is 5.38. The number of ether oxygens (including phenoxy) is 1. The van der Waals surface area contributed by atoms with Crippen molar-refractivity contribution < 1.29 is 4.74 Å². The zero-order valence-corrected chi connectivity index (χ0v) is 8.32. The summed E-state index contributed by atoms with van der Waals surface area (Å²) in [5, 5.41) is 4.19. The van der Waals surface area contributed by atoms with Crippen LogP contribution in [0.2, 0.25) is 0 Å². The van der Waals surface area contributed by atoms with Crippen LogP contribution in [0.4, 0.5) is 0 Å². The van der Waals surface area contributed by atoms with Crippen molar-refractivity contribution in [1.29, 1.82) is 0 Å². The molecule has 0 spiro atoms. The predicted octanol–water partition coefficient (Wildman–Crippen LogP) is 1.65. The highest BCUT2D eigenvalue weighted by Crippen LogP contribution is 2.36. The zero-order chi connectivity index (χ0) is 9.47. The molecular weight excluding hydrogens is 166 g/mol. The van der Waals surface area contributed by atoms with Gasteiger partial charge in [-0.25, -0.2) is 4.68 Å². The van der Waals surface area contributed by atoms with Crippen molar-refractivity contribution in [2.75, 3.05) is 6.61 Å². The summed E-state index contributed by atoms with van der Waals surface area (Å²) in [6, 6.07) is 1.06. The Morgan fingerprint density at radius 1 is 1.54 bits per heavy atom. The first-order valence-corrected chi connectivity index (χ1v) is 4.61. The molecule has 4 heteroatoms. The molecule has 0 bridgehead atoms. The number of nitrogens with zero attached hydrogens (tertiary/aromatic N) is 3. The van der Waals surface area contributed by atoms with Gasteiger partial charge in [0.15, 0.2) is 0 Å². The van der Waals surface area contributed by atoms with Gasteiger partial charge in [0.2, 0.25) is 0 Å². The van der Waals surface area contributed by atoms with E-state index in [2.05, 4.69) is 30.9 Å². The Bertz CT molecular complexity index is 300. The number of hydrogen-bond donors (Lipinski definition) is 0. The van der Waals surface area contributed by atoms with Crippen LogP contribution in [0.5, 0.6) is 6.01 Å². The lowest BCUT2D eigenvalue weighted by Gasteiger charge is -2.33. The maximum absolute atomic E-state index is 5.38. The highest BCUT2D eigenvalue weighted by atomic mass is 16.5. The van der Waals surface area contributed by atoms with Gasteiger partial charge < -0.3 is 4.74 Å². The second-order valence-electron chi connectivity index (χ2n) is 4.51. The smallest absolute Gasteiger partial charge is 0.315 e. The van der Waals surface area contributed by atoms with Crippen LogP contribution in [0.25, 0.3) is 0 Å². The minimum atomic E-state index is 0.215. The summed E-state index contributed by atoms with van der Waals surface area (Å²) in [6.45, 7) is 7.40. The first-order chi connectivity index (χ1) is 6.09. The Hall–Kier alpha value is -1.06. The fraction of sp³-hybridized carbons (Fsp3) is 0.778. The lowest BCUT2D eigenvalue weighted by Crippen LogP contribution is -2.31. The molecule has 0 aromatic carbocycles. The predicted molar refractivity (Wildman–Crippen MR) is 48.6 cm³/mol. The molecule has 2 heterocycles. The summed E-state index contributed by atoms with van der Waals surface area (Å²) in [5.41, 5.74) is 0.215. The molecule has 0 N–H and O–H groups in total. The highest BCUT2D eigenvalue weighted by Gasteiger charge is 2.32. The van der Waals surface area contributed by atoms with Gasteiger partial charge in [0, 0.05) is 6.42 Å². The van der Waals surface area contributed by atoms with E-state index in [4.69, 9.17) is 4.74 Å². The van der Waals surface area contributed by atoms with E-state index >= 15 is 0 Å². The Balaban J connectivity index is 2.35. The molecule has 13 heavy (non-hydrogen) atoms. The summed E-state index contributed by atoms with van der Waals surface area (Å²) >= 11 is 0. The van der Waals surface area contributed by atoms with E-state index in [-0.39, 0.29) is 5.41 Å². The van der Waals surface area contributed by atoms with E-state index in [1.165, 1.54) is 0 Å². The molecule has 72 valence electrons. The third kappa shape index (κ3) is 1.41. The molecule has 0 fully saturated rings. The summed E-state index contributed by atoms with van der Waals surface area (Å²) in [4.78, 5) is 4.05. The Labute approximate surface area is 77.9 Å². The van der Waals surface area contributed by atoms with Crippen LogP contribution in [0, 0.1) is 5.41 Å². The SMILES string of the molecule is CC(C)(C)C1CCOc2ncnn21. The van der Waals surface area contributed by atoms with E-state index in [0.29, 0.717) is 12.1 Å². The number of rotatable bonds is 0. The average molecular weight is 181 g/mol. The van der Waals surface area contributed by atoms with Gasteiger partial charge in [0.05, 0.1) is 12.6 Å². The van der Waals surface area contributed by atoms with Crippen LogP contribution in [0.1, 0.15) is 33.2 Å². The minimum Gasteiger partial charge on any atom is -0.464 e. The van der Waals surface area contributed by atoms with Crippen LogP contribution in [0.15, 0.2) is 6.33 Å². The minimum absolute atomic E-state index is 0.215. The summed E-state index contributed by atoms with van der Waals surface area (Å²) in [7, 11) is 0. The van der Waals surface area contributed by atoms with Gasteiger partial charge in [-0.1, -0.05) is 20.8 Å². The fourth-order valence-electron chi connectivity index (χ4n) is 1.74. The first kappa shape index (κ1) is 8.53. The molecule has 0 saturated carbocycles. The van der Waals surface area contributed by atoms with Gasteiger partial charge in [-0.15, -0.1) is 0 Å². The van der Waals surface area contributed by atoms with Crippen molar-refractivity contribution in [3.8, 4) is 6.01 Å². The molecule has 1 unspecified atom stereocenters. The molecule has 0 aliphatic carbocycles. The number of fused-ring (bicyclic) bond motifs is 1. The largest absolute Gasteiger partial charge is 0.464 e. The van der Waals surface area contributed by atoms with Crippen molar-refractivity contribution in [1.82, 2.24) is 14.8 Å². The topological polar surface area (TPSA) is 39.9 Å². The van der Waals surface area contributed by atoms with Gasteiger partial charge in [-0.2, -0.15) is 10.1 Å². The maximum Gasteiger partial charge on any atom is 0.315 e. The Kier molecular flexibility index (Phi) is 1.78. The molecule has 1 aromatic rings. The third-order valence-electron chi connectivity index (χ3n) is 2.46. The second kappa shape index (κ2) is 2.72. The lowest BCUT2D eigenvalue weighted by atomic mass is 9.85. The van der Waals surface area contributed by atoms with Gasteiger partial charge in [0.1, 0.15) is 6.33 Å². The summed E-state index contributed by atoms with van der Waals surface area (Å²) in [6.07, 6.45) is 2.57. The van der Waals surface area contributed by atoms with E-state index in [1.54, 1.807) is 6.33 Å². The number of hydrogen-bond acceptors (Lipinski definition) is 3. The molecule has 4 nitrogen and oxygen atoms in total. The van der Waals surface area contributed by atoms with Crippen molar-refractivity contribution in [3.63, 3.8) is 0 Å². The monoisotopic (exact) mass is 181 g/mol. The van der Waals surface area contributed by atoms with Gasteiger partial charge in [-0.05, 0) is 5.41 Å². The van der Waals surface area contributed by atoms with Crippen LogP contribution in [0.3, 0.4) is 0 Å². The van der Waals surface area contributed by atoms with Crippen LogP contribution in [-0.2, 0) is 0 Å². The van der Waals surface area contributed by atoms with E-state index in [0.717, 1.165) is 13.0 Å². The summed E-state index contributed by atoms with van der Waals surface area (Å²) in [5.74, 6) is 0. The molecule has 1 aliphatic rings. The van der Waals surface area contributed by atoms with Gasteiger partial charge >= 0.3 is 6.01 Å². The third-order valence-corrected chi connectivity index (χ3v) is 2.46. The van der Waals surface area contributed by atoms with Gasteiger partial charge in [-0.3, -0.25) is 0 Å². The van der Waals surface area contributed by atoms with E-state index < -0.39 is 0 Å². The molecule has 1 aliphatic heterocycles. The zero-order valence-electron chi connectivity index (χ0n) is 8.32. The fourth-order valence-corrected chi connectivity index (χ4v) is 1.74. The molecule has 1 aromatic heterocycles. The van der Waals surface area contributed by atoms with Crippen LogP contribution >= 0.6 is 0 Å². The van der Waals surface area contributed by atoms with Crippen LogP contribution < -0.4 is 4.74 Å². The van der Waals surface area contributed by atoms with Gasteiger partial charge in [0.25, 0.3) is 0 Å². The quantitative estimate of drug-likeness (QED) is 0.611. The lowest BCUT2D eigenvalue weighted by molar-refractivity contribution is 0.114. The average Bonchev–Trinajstić information content (AvgIpc) is 2.48. The van der Waals surface area contributed by atoms with Crippen molar-refractivity contribution >= 4 is 0 Å². The van der Waals surface area contributed by atoms with Crippen LogP contribution in [-0.4, -0.2) is 21.4 Å². The molecule has 0 saturated heterocycles. The molecule has 0 amide bonds. The summed E-state index contributed by atoms with van der Waals surface area (Å²) < 4.78 is 7.27. The van der Waals surface area contributed by atoms with E-state index in [9.17, 15) is 0 Å². The Morgan fingerprint density at radius 2 is 2.31 bits per heavy atom. The molecule has 0 radical (unpaired) electrons. The second-order valence-corrected chi connectivity index (χ2v) is 4.51. The van der Waals surface area contributed by atoms with E-state index in [1.807, 2.05) is 4.68 Å². The molecule has 1 atom stereocenters. The van der Waals surface area contributed by atoms with Crippen molar-refractivity contribution in [3.05, 3.63) is 6.33 Å². The standard InChI is InChI=1S/C9H15N3O/c1-9(2,3)7-4-5-13-8-10-6-11-12(7)8/h6-7H,4-5H2,1-3H3. The Morgan fingerprint density at radius 3 is 3.00 bits per heavy atom. The molecule has 2 rings (SSSR count). The normalized spacial score (nSPS) is 22.2. The van der Waals surface area contributed by atoms with Crippen molar-refractivity contribution in [2.24, 2.45) is 5.41 Å². The first-order valence-electron chi connectivity index (χ1n) is 4.61. The van der Waals surface area contributed by atoms with Crippen molar-refractivity contribution in [2.45, 2.75) is 33.2 Å². The molecular formula is C9H15N3O. The number of aromatic nitrogens is 3.